The van der Waals surface area contributed by atoms with Crippen molar-refractivity contribution in [1.29, 1.82) is 0 Å². The van der Waals surface area contributed by atoms with E-state index in [4.69, 9.17) is 0 Å². The molecule has 1 aromatic carbocycles. The molecule has 2 fully saturated rings. The second kappa shape index (κ2) is 7.95. The highest BCUT2D eigenvalue weighted by molar-refractivity contribution is 7.14. The number of aromatic amines is 1. The van der Waals surface area contributed by atoms with Crippen molar-refractivity contribution in [3.63, 3.8) is 0 Å². The summed E-state index contributed by atoms with van der Waals surface area (Å²) in [7, 11) is 0. The van der Waals surface area contributed by atoms with Gasteiger partial charge in [-0.1, -0.05) is 12.1 Å². The molecule has 2 amide bonds. The number of carbonyl (C=O) groups excluding carboxylic acids is 2. The molecule has 0 spiro atoms. The second-order valence-corrected chi connectivity index (χ2v) is 9.78. The van der Waals surface area contributed by atoms with Gasteiger partial charge in [-0.25, -0.2) is 13.8 Å². The Labute approximate surface area is 188 Å². The summed E-state index contributed by atoms with van der Waals surface area (Å²) >= 11 is 1.30. The van der Waals surface area contributed by atoms with Crippen LogP contribution in [0.15, 0.2) is 36.4 Å². The van der Waals surface area contributed by atoms with E-state index in [9.17, 15) is 18.4 Å². The Morgan fingerprint density at radius 3 is 2.72 bits per heavy atom. The third-order valence-electron chi connectivity index (χ3n) is 6.29. The van der Waals surface area contributed by atoms with Crippen molar-refractivity contribution in [2.24, 2.45) is 5.92 Å². The van der Waals surface area contributed by atoms with Gasteiger partial charge in [0.25, 0.3) is 11.8 Å². The molecular weight excluding hydrogens is 434 g/mol. The number of halogens is 2. The van der Waals surface area contributed by atoms with Crippen molar-refractivity contribution in [3.05, 3.63) is 52.0 Å². The molecule has 1 saturated carbocycles. The molecule has 3 heterocycles. The van der Waals surface area contributed by atoms with Gasteiger partial charge in [-0.2, -0.15) is 0 Å². The highest BCUT2D eigenvalue weighted by Crippen LogP contribution is 2.47. The number of aromatic nitrogens is 2. The molecule has 1 unspecified atom stereocenters. The number of thiophene rings is 1. The number of piperidine rings is 1. The van der Waals surface area contributed by atoms with E-state index >= 15 is 0 Å². The molecule has 3 atom stereocenters. The SMILES string of the molecule is CC(NC(=O)[C@H]1C[C@@H]1c1nc2ccccc2[nH]1)c1ccc(C(=O)N2CCC(F)(F)CC2)s1. The number of alkyl halides is 2. The number of carbonyl (C=O) groups is 2. The summed E-state index contributed by atoms with van der Waals surface area (Å²) in [6, 6.07) is 11.1. The summed E-state index contributed by atoms with van der Waals surface area (Å²) in [5.41, 5.74) is 1.87. The lowest BCUT2D eigenvalue weighted by Gasteiger charge is -2.31. The van der Waals surface area contributed by atoms with E-state index in [1.165, 1.54) is 16.2 Å². The van der Waals surface area contributed by atoms with Crippen LogP contribution in [0.2, 0.25) is 0 Å². The number of benzene rings is 1. The Morgan fingerprint density at radius 2 is 1.97 bits per heavy atom. The Hall–Kier alpha value is -2.81. The normalized spacial score (nSPS) is 23.2. The fraction of sp³-hybridized carbons (Fsp3) is 0.435. The van der Waals surface area contributed by atoms with Crippen LogP contribution in [0, 0.1) is 5.92 Å². The number of likely N-dealkylation sites (tertiary alicyclic amines) is 1. The van der Waals surface area contributed by atoms with Gasteiger partial charge < -0.3 is 15.2 Å². The summed E-state index contributed by atoms with van der Waals surface area (Å²) in [5, 5.41) is 3.04. The van der Waals surface area contributed by atoms with Gasteiger partial charge in [0.05, 0.1) is 22.0 Å². The molecule has 6 nitrogen and oxygen atoms in total. The molecule has 3 aromatic rings. The first kappa shape index (κ1) is 21.1. The zero-order valence-corrected chi connectivity index (χ0v) is 18.4. The topological polar surface area (TPSA) is 78.1 Å². The molecule has 5 rings (SSSR count). The van der Waals surface area contributed by atoms with Gasteiger partial charge in [0, 0.05) is 42.6 Å². The van der Waals surface area contributed by atoms with Crippen molar-refractivity contribution in [2.45, 2.75) is 44.1 Å². The minimum atomic E-state index is -2.68. The predicted molar refractivity (Wildman–Crippen MR) is 118 cm³/mol. The summed E-state index contributed by atoms with van der Waals surface area (Å²) in [6.07, 6.45) is 0.167. The third-order valence-corrected chi connectivity index (χ3v) is 7.55. The van der Waals surface area contributed by atoms with E-state index in [2.05, 4.69) is 15.3 Å². The lowest BCUT2D eigenvalue weighted by Crippen LogP contribution is -2.42. The number of rotatable bonds is 5. The van der Waals surface area contributed by atoms with Crippen molar-refractivity contribution < 1.29 is 18.4 Å². The van der Waals surface area contributed by atoms with Crippen molar-refractivity contribution in [1.82, 2.24) is 20.2 Å². The fourth-order valence-electron chi connectivity index (χ4n) is 4.22. The number of fused-ring (bicyclic) bond motifs is 1. The minimum absolute atomic E-state index is 0.0255. The van der Waals surface area contributed by atoms with Gasteiger partial charge in [-0.15, -0.1) is 11.3 Å². The molecule has 9 heteroatoms. The Morgan fingerprint density at radius 1 is 1.22 bits per heavy atom. The molecule has 1 aliphatic carbocycles. The van der Waals surface area contributed by atoms with E-state index in [1.807, 2.05) is 37.3 Å². The Kier molecular flexibility index (Phi) is 5.23. The quantitative estimate of drug-likeness (QED) is 0.592. The van der Waals surface area contributed by atoms with Crippen LogP contribution in [0.3, 0.4) is 0 Å². The zero-order valence-electron chi connectivity index (χ0n) is 17.6. The van der Waals surface area contributed by atoms with Crippen molar-refractivity contribution in [2.75, 3.05) is 13.1 Å². The van der Waals surface area contributed by atoms with E-state index in [-0.39, 0.29) is 55.6 Å². The minimum Gasteiger partial charge on any atom is -0.349 e. The monoisotopic (exact) mass is 458 g/mol. The standard InChI is InChI=1S/C23H24F2N4O2S/c1-13(18-6-7-19(32-18)22(31)29-10-8-23(24,25)9-11-29)26-21(30)15-12-14(15)20-27-16-4-2-3-5-17(16)28-20/h2-7,13-15H,8-12H2,1H3,(H,26,30)(H,27,28)/t13?,14-,15-/m0/s1. The van der Waals surface area contributed by atoms with Crippen LogP contribution in [0.5, 0.6) is 0 Å². The van der Waals surface area contributed by atoms with E-state index in [0.717, 1.165) is 28.2 Å². The maximum atomic E-state index is 13.4. The second-order valence-electron chi connectivity index (χ2n) is 8.67. The predicted octanol–water partition coefficient (Wildman–Crippen LogP) is 4.48. The van der Waals surface area contributed by atoms with Crippen LogP contribution in [-0.2, 0) is 4.79 Å². The summed E-state index contributed by atoms with van der Waals surface area (Å²) in [5.74, 6) is -2.11. The van der Waals surface area contributed by atoms with E-state index < -0.39 is 5.92 Å². The van der Waals surface area contributed by atoms with Crippen LogP contribution in [0.25, 0.3) is 11.0 Å². The molecule has 2 aromatic heterocycles. The molecule has 0 bridgehead atoms. The Balaban J connectivity index is 1.18. The summed E-state index contributed by atoms with van der Waals surface area (Å²) in [4.78, 5) is 36.2. The number of hydrogen-bond donors (Lipinski definition) is 2. The molecular formula is C23H24F2N4O2S. The number of amides is 2. The average Bonchev–Trinajstić information content (AvgIpc) is 3.21. The van der Waals surface area contributed by atoms with Crippen LogP contribution >= 0.6 is 11.3 Å². The van der Waals surface area contributed by atoms with Gasteiger partial charge in [0.15, 0.2) is 0 Å². The smallest absolute Gasteiger partial charge is 0.263 e. The number of para-hydroxylation sites is 2. The first-order valence-electron chi connectivity index (χ1n) is 10.8. The highest BCUT2D eigenvalue weighted by Gasteiger charge is 2.46. The fourth-order valence-corrected chi connectivity index (χ4v) is 5.20. The summed E-state index contributed by atoms with van der Waals surface area (Å²) in [6.45, 7) is 2.02. The first-order valence-corrected chi connectivity index (χ1v) is 11.6. The lowest BCUT2D eigenvalue weighted by molar-refractivity contribution is -0.123. The van der Waals surface area contributed by atoms with Gasteiger partial charge >= 0.3 is 0 Å². The first-order chi connectivity index (χ1) is 15.3. The summed E-state index contributed by atoms with van der Waals surface area (Å²) < 4.78 is 26.7. The third kappa shape index (κ3) is 4.13. The van der Waals surface area contributed by atoms with Crippen LogP contribution in [0.4, 0.5) is 8.78 Å². The van der Waals surface area contributed by atoms with Crippen LogP contribution in [0.1, 0.15) is 58.5 Å². The number of imidazole rings is 1. The van der Waals surface area contributed by atoms with E-state index in [1.54, 1.807) is 6.07 Å². The van der Waals surface area contributed by atoms with Crippen molar-refractivity contribution in [3.8, 4) is 0 Å². The molecule has 168 valence electrons. The molecule has 1 aliphatic heterocycles. The molecule has 2 aliphatic rings. The largest absolute Gasteiger partial charge is 0.349 e. The zero-order chi connectivity index (χ0) is 22.5. The molecule has 2 N–H and O–H groups in total. The van der Waals surface area contributed by atoms with E-state index in [0.29, 0.717) is 4.88 Å². The number of nitrogens with zero attached hydrogens (tertiary/aromatic N) is 2. The van der Waals surface area contributed by atoms with Crippen LogP contribution < -0.4 is 5.32 Å². The van der Waals surface area contributed by atoms with Crippen LogP contribution in [-0.4, -0.2) is 45.7 Å². The number of H-pyrrole nitrogens is 1. The van der Waals surface area contributed by atoms with Gasteiger partial charge in [0.1, 0.15) is 5.82 Å². The average molecular weight is 459 g/mol. The maximum absolute atomic E-state index is 13.4. The maximum Gasteiger partial charge on any atom is 0.263 e. The van der Waals surface area contributed by atoms with Gasteiger partial charge in [0.2, 0.25) is 5.91 Å². The van der Waals surface area contributed by atoms with Crippen molar-refractivity contribution >= 4 is 34.2 Å². The number of nitrogens with one attached hydrogen (secondary N) is 2. The molecule has 0 radical (unpaired) electrons. The molecule has 32 heavy (non-hydrogen) atoms. The van der Waals surface area contributed by atoms with Gasteiger partial charge in [-0.3, -0.25) is 9.59 Å². The lowest BCUT2D eigenvalue weighted by atomic mass is 10.1. The molecule has 1 saturated heterocycles. The Bertz CT molecular complexity index is 1130. The highest BCUT2D eigenvalue weighted by atomic mass is 32.1. The van der Waals surface area contributed by atoms with Gasteiger partial charge in [-0.05, 0) is 37.6 Å². The number of hydrogen-bond acceptors (Lipinski definition) is 4.